The van der Waals surface area contributed by atoms with Gasteiger partial charge in [-0.15, -0.1) is 0 Å². The molecule has 0 saturated heterocycles. The lowest BCUT2D eigenvalue weighted by Gasteiger charge is -2.11. The van der Waals surface area contributed by atoms with Crippen LogP contribution in [0.25, 0.3) is 0 Å². The zero-order chi connectivity index (χ0) is 14.0. The van der Waals surface area contributed by atoms with Crippen molar-refractivity contribution in [3.63, 3.8) is 0 Å². The second-order valence-electron chi connectivity index (χ2n) is 4.19. The molecule has 0 spiro atoms. The average molecular weight is 340 g/mol. The Labute approximate surface area is 125 Å². The summed E-state index contributed by atoms with van der Waals surface area (Å²) in [4.78, 5) is 0.317. The van der Waals surface area contributed by atoms with E-state index in [1.807, 2.05) is 38.2 Å². The highest BCUT2D eigenvalue weighted by molar-refractivity contribution is 9.10. The molecule has 1 heterocycles. The summed E-state index contributed by atoms with van der Waals surface area (Å²) < 4.78 is 8.50. The lowest BCUT2D eigenvalue weighted by Crippen LogP contribution is -2.12. The molecule has 0 bridgehead atoms. The number of thiocarbonyl (C=S) groups is 1. The van der Waals surface area contributed by atoms with Crippen molar-refractivity contribution in [3.8, 4) is 5.75 Å². The number of halogens is 1. The summed E-state index contributed by atoms with van der Waals surface area (Å²) in [6, 6.07) is 7.58. The lowest BCUT2D eigenvalue weighted by molar-refractivity contribution is 0.294. The van der Waals surface area contributed by atoms with Crippen LogP contribution in [0.15, 0.2) is 28.7 Å². The van der Waals surface area contributed by atoms with Gasteiger partial charge in [-0.25, -0.2) is 0 Å². The second-order valence-corrected chi connectivity index (χ2v) is 5.55. The highest BCUT2D eigenvalue weighted by atomic mass is 79.9. The zero-order valence-electron chi connectivity index (χ0n) is 10.7. The predicted octanol–water partition coefficient (Wildman–Crippen LogP) is 2.70. The Balaban J connectivity index is 2.20. The van der Waals surface area contributed by atoms with Gasteiger partial charge in [0.05, 0.1) is 17.0 Å². The molecular formula is C13H14BrN3OS. The summed E-state index contributed by atoms with van der Waals surface area (Å²) in [5, 5.41) is 4.27. The maximum Gasteiger partial charge on any atom is 0.130 e. The highest BCUT2D eigenvalue weighted by Gasteiger charge is 2.09. The number of rotatable bonds is 4. The fourth-order valence-corrected chi connectivity index (χ4v) is 2.29. The predicted molar refractivity (Wildman–Crippen MR) is 82.3 cm³/mol. The Morgan fingerprint density at radius 1 is 1.47 bits per heavy atom. The van der Waals surface area contributed by atoms with E-state index in [-0.39, 0.29) is 0 Å². The van der Waals surface area contributed by atoms with Crippen molar-refractivity contribution in [1.29, 1.82) is 0 Å². The van der Waals surface area contributed by atoms with Crippen LogP contribution >= 0.6 is 28.1 Å². The van der Waals surface area contributed by atoms with Crippen molar-refractivity contribution in [2.45, 2.75) is 13.5 Å². The summed E-state index contributed by atoms with van der Waals surface area (Å²) >= 11 is 8.42. The van der Waals surface area contributed by atoms with Crippen LogP contribution in [-0.2, 0) is 13.7 Å². The summed E-state index contributed by atoms with van der Waals surface area (Å²) in [6.07, 6.45) is 0. The first-order valence-electron chi connectivity index (χ1n) is 5.69. The molecule has 6 heteroatoms. The van der Waals surface area contributed by atoms with Gasteiger partial charge < -0.3 is 10.5 Å². The lowest BCUT2D eigenvalue weighted by atomic mass is 10.2. The fourth-order valence-electron chi connectivity index (χ4n) is 1.77. The smallest absolute Gasteiger partial charge is 0.130 e. The maximum atomic E-state index is 5.78. The minimum Gasteiger partial charge on any atom is -0.487 e. The molecule has 0 aliphatic carbocycles. The van der Waals surface area contributed by atoms with Gasteiger partial charge in [0.2, 0.25) is 0 Å². The van der Waals surface area contributed by atoms with E-state index in [0.717, 1.165) is 21.4 Å². The van der Waals surface area contributed by atoms with Crippen molar-refractivity contribution in [2.75, 3.05) is 0 Å². The molecule has 0 fully saturated rings. The standard InChI is InChI=1S/C13H14BrN3OS/c1-8-5-10(17(2)16-8)7-18-12-4-3-9(14)6-11(12)13(15)19/h3-6H,7H2,1-2H3,(H2,15,19). The Morgan fingerprint density at radius 3 is 2.79 bits per heavy atom. The van der Waals surface area contributed by atoms with Crippen molar-refractivity contribution >= 4 is 33.1 Å². The van der Waals surface area contributed by atoms with Crippen LogP contribution in [0.1, 0.15) is 17.0 Å². The number of aromatic nitrogens is 2. The van der Waals surface area contributed by atoms with Crippen LogP contribution in [-0.4, -0.2) is 14.8 Å². The Bertz CT molecular complexity index is 624. The van der Waals surface area contributed by atoms with E-state index in [1.54, 1.807) is 4.68 Å². The van der Waals surface area contributed by atoms with E-state index in [0.29, 0.717) is 17.3 Å². The first kappa shape index (κ1) is 14.0. The summed E-state index contributed by atoms with van der Waals surface area (Å²) in [5.74, 6) is 0.676. The van der Waals surface area contributed by atoms with Gasteiger partial charge in [-0.1, -0.05) is 28.1 Å². The topological polar surface area (TPSA) is 53.1 Å². The molecule has 100 valence electrons. The minimum atomic E-state index is 0.317. The van der Waals surface area contributed by atoms with Crippen LogP contribution in [0, 0.1) is 6.92 Å². The number of hydrogen-bond acceptors (Lipinski definition) is 3. The number of ether oxygens (including phenoxy) is 1. The fraction of sp³-hybridized carbons (Fsp3) is 0.231. The summed E-state index contributed by atoms with van der Waals surface area (Å²) in [7, 11) is 1.89. The molecule has 4 nitrogen and oxygen atoms in total. The normalized spacial score (nSPS) is 10.5. The highest BCUT2D eigenvalue weighted by Crippen LogP contribution is 2.24. The monoisotopic (exact) mass is 339 g/mol. The number of aryl methyl sites for hydroxylation is 2. The molecule has 0 atom stereocenters. The molecule has 2 rings (SSSR count). The van der Waals surface area contributed by atoms with E-state index >= 15 is 0 Å². The maximum absolute atomic E-state index is 5.78. The van der Waals surface area contributed by atoms with Gasteiger partial charge in [0.15, 0.2) is 0 Å². The van der Waals surface area contributed by atoms with E-state index < -0.39 is 0 Å². The summed E-state index contributed by atoms with van der Waals surface area (Å²) in [6.45, 7) is 2.37. The molecule has 19 heavy (non-hydrogen) atoms. The first-order valence-corrected chi connectivity index (χ1v) is 6.89. The van der Waals surface area contributed by atoms with Crippen LogP contribution < -0.4 is 10.5 Å². The van der Waals surface area contributed by atoms with E-state index in [2.05, 4.69) is 21.0 Å². The van der Waals surface area contributed by atoms with Crippen LogP contribution in [0.4, 0.5) is 0 Å². The van der Waals surface area contributed by atoms with Crippen LogP contribution in [0.3, 0.4) is 0 Å². The Hall–Kier alpha value is -1.40. The molecule has 2 N–H and O–H groups in total. The average Bonchev–Trinajstić information content (AvgIpc) is 2.66. The Morgan fingerprint density at radius 2 is 2.21 bits per heavy atom. The Kier molecular flexibility index (Phi) is 4.21. The van der Waals surface area contributed by atoms with Crippen LogP contribution in [0.5, 0.6) is 5.75 Å². The number of nitrogens with two attached hydrogens (primary N) is 1. The molecule has 1 aromatic heterocycles. The molecule has 0 radical (unpaired) electrons. The van der Waals surface area contributed by atoms with Gasteiger partial charge in [-0.3, -0.25) is 4.68 Å². The molecule has 0 unspecified atom stereocenters. The molecule has 0 amide bonds. The van der Waals surface area contributed by atoms with Crippen molar-refractivity contribution in [1.82, 2.24) is 9.78 Å². The zero-order valence-corrected chi connectivity index (χ0v) is 13.1. The molecule has 0 aliphatic rings. The second kappa shape index (κ2) is 5.71. The summed E-state index contributed by atoms with van der Waals surface area (Å²) in [5.41, 5.74) is 8.38. The quantitative estimate of drug-likeness (QED) is 0.870. The van der Waals surface area contributed by atoms with Gasteiger partial charge in [0, 0.05) is 11.5 Å². The van der Waals surface area contributed by atoms with Crippen molar-refractivity contribution < 1.29 is 4.74 Å². The molecule has 0 saturated carbocycles. The first-order chi connectivity index (χ1) is 8.97. The van der Waals surface area contributed by atoms with Crippen molar-refractivity contribution in [2.24, 2.45) is 12.8 Å². The van der Waals surface area contributed by atoms with Crippen LogP contribution in [0.2, 0.25) is 0 Å². The number of hydrogen-bond donors (Lipinski definition) is 1. The van der Waals surface area contributed by atoms with Gasteiger partial charge in [-0.05, 0) is 31.2 Å². The van der Waals surface area contributed by atoms with E-state index in [9.17, 15) is 0 Å². The van der Waals surface area contributed by atoms with Gasteiger partial charge in [-0.2, -0.15) is 5.10 Å². The van der Waals surface area contributed by atoms with E-state index in [1.165, 1.54) is 0 Å². The van der Waals surface area contributed by atoms with Gasteiger partial charge in [0.1, 0.15) is 17.3 Å². The molecular weight excluding hydrogens is 326 g/mol. The SMILES string of the molecule is Cc1cc(COc2ccc(Br)cc2C(N)=S)n(C)n1. The third-order valence-corrected chi connectivity index (χ3v) is 3.39. The van der Waals surface area contributed by atoms with Gasteiger partial charge >= 0.3 is 0 Å². The molecule has 0 aliphatic heterocycles. The van der Waals surface area contributed by atoms with Gasteiger partial charge in [0.25, 0.3) is 0 Å². The number of nitrogens with zero attached hydrogens (tertiary/aromatic N) is 2. The minimum absolute atomic E-state index is 0.317. The molecule has 1 aromatic carbocycles. The van der Waals surface area contributed by atoms with E-state index in [4.69, 9.17) is 22.7 Å². The number of benzene rings is 1. The largest absolute Gasteiger partial charge is 0.487 e. The van der Waals surface area contributed by atoms with Crippen molar-refractivity contribution in [3.05, 3.63) is 45.7 Å². The molecule has 2 aromatic rings. The third-order valence-electron chi connectivity index (χ3n) is 2.68. The third kappa shape index (κ3) is 3.33.